The van der Waals surface area contributed by atoms with Gasteiger partial charge in [0.1, 0.15) is 12.6 Å². The van der Waals surface area contributed by atoms with Gasteiger partial charge in [-0.25, -0.2) is 0 Å². The van der Waals surface area contributed by atoms with Crippen LogP contribution >= 0.6 is 0 Å². The van der Waals surface area contributed by atoms with Crippen molar-refractivity contribution in [3.8, 4) is 11.5 Å². The number of esters is 4. The molecular formula is C30H47NO8. The molecule has 1 rings (SSSR count). The van der Waals surface area contributed by atoms with Crippen molar-refractivity contribution in [3.05, 3.63) is 23.8 Å². The lowest BCUT2D eigenvalue weighted by molar-refractivity contribution is -0.154. The Morgan fingerprint density at radius 2 is 1.38 bits per heavy atom. The van der Waals surface area contributed by atoms with E-state index in [0.29, 0.717) is 12.0 Å². The maximum absolute atomic E-state index is 12.8. The maximum atomic E-state index is 12.8. The number of methoxy groups -OCH3 is 1. The third kappa shape index (κ3) is 10.6. The lowest BCUT2D eigenvalue weighted by atomic mass is 9.91. The second-order valence-electron chi connectivity index (χ2n) is 11.3. The van der Waals surface area contributed by atoms with Gasteiger partial charge in [-0.1, -0.05) is 54.5 Å². The molecule has 220 valence electrons. The molecule has 2 unspecified atom stereocenters. The molecule has 0 spiro atoms. The molecule has 1 N–H and O–H groups in total. The van der Waals surface area contributed by atoms with Crippen LogP contribution in [0, 0.1) is 29.1 Å². The predicted octanol–water partition coefficient (Wildman–Crippen LogP) is 4.73. The molecule has 0 heterocycles. The van der Waals surface area contributed by atoms with Gasteiger partial charge in [-0.3, -0.25) is 19.2 Å². The molecule has 1 aromatic rings. The molecular weight excluding hydrogens is 502 g/mol. The normalized spacial score (nSPS) is 13.9. The Balaban J connectivity index is 3.12. The van der Waals surface area contributed by atoms with Crippen LogP contribution in [0.1, 0.15) is 74.3 Å². The SMILES string of the molecule is CCC(C)(C)C(=O)OCCN[C@@H](Cc1ccc(OC(=O)C(C)C(C)C)c(OC(=O)C(C)C(C)C)c1)C(=O)OC. The molecule has 0 aromatic heterocycles. The fourth-order valence-electron chi connectivity index (χ4n) is 3.12. The van der Waals surface area contributed by atoms with Crippen LogP contribution in [0.25, 0.3) is 0 Å². The van der Waals surface area contributed by atoms with Gasteiger partial charge < -0.3 is 24.3 Å². The van der Waals surface area contributed by atoms with Crippen molar-refractivity contribution in [1.82, 2.24) is 5.32 Å². The summed E-state index contributed by atoms with van der Waals surface area (Å²) in [6.07, 6.45) is 0.844. The van der Waals surface area contributed by atoms with E-state index in [1.165, 1.54) is 7.11 Å². The standard InChI is InChI=1S/C30H47NO8/c1-11-30(8,9)29(35)37-15-14-31-23(28(34)36-10)16-22-12-13-24(38-26(32)20(6)18(2)3)25(17-22)39-27(33)21(7)19(4)5/h12-13,17-21,23,31H,11,14-16H2,1-10H3/t20?,21?,23-/m0/s1. The van der Waals surface area contributed by atoms with Crippen molar-refractivity contribution in [1.29, 1.82) is 0 Å². The van der Waals surface area contributed by atoms with E-state index < -0.39 is 29.4 Å². The van der Waals surface area contributed by atoms with E-state index in [1.54, 1.807) is 32.0 Å². The summed E-state index contributed by atoms with van der Waals surface area (Å²) in [7, 11) is 1.29. The Morgan fingerprint density at radius 1 is 0.846 bits per heavy atom. The molecule has 0 radical (unpaired) electrons. The van der Waals surface area contributed by atoms with Crippen LogP contribution in [0.5, 0.6) is 11.5 Å². The summed E-state index contributed by atoms with van der Waals surface area (Å²) >= 11 is 0. The van der Waals surface area contributed by atoms with Gasteiger partial charge in [0.15, 0.2) is 11.5 Å². The highest BCUT2D eigenvalue weighted by molar-refractivity contribution is 5.79. The summed E-state index contributed by atoms with van der Waals surface area (Å²) < 4.78 is 21.6. The first kappa shape index (κ1) is 34.1. The minimum atomic E-state index is -0.750. The van der Waals surface area contributed by atoms with E-state index in [2.05, 4.69) is 5.32 Å². The highest BCUT2D eigenvalue weighted by Crippen LogP contribution is 2.32. The Morgan fingerprint density at radius 3 is 1.87 bits per heavy atom. The number of hydrogen-bond acceptors (Lipinski definition) is 9. The lowest BCUT2D eigenvalue weighted by Gasteiger charge is -2.22. The molecule has 0 saturated heterocycles. The molecule has 1 aromatic carbocycles. The average molecular weight is 550 g/mol. The van der Waals surface area contributed by atoms with Crippen molar-refractivity contribution < 1.29 is 38.1 Å². The van der Waals surface area contributed by atoms with E-state index in [4.69, 9.17) is 18.9 Å². The second kappa shape index (κ2) is 15.6. The summed E-state index contributed by atoms with van der Waals surface area (Å²) in [5, 5.41) is 3.07. The quantitative estimate of drug-likeness (QED) is 0.188. The van der Waals surface area contributed by atoms with Gasteiger partial charge in [0.25, 0.3) is 0 Å². The summed E-state index contributed by atoms with van der Waals surface area (Å²) in [6, 6.07) is 4.11. The maximum Gasteiger partial charge on any atom is 0.323 e. The van der Waals surface area contributed by atoms with Crippen LogP contribution < -0.4 is 14.8 Å². The zero-order valence-electron chi connectivity index (χ0n) is 25.2. The van der Waals surface area contributed by atoms with Gasteiger partial charge in [-0.05, 0) is 56.2 Å². The van der Waals surface area contributed by atoms with Gasteiger partial charge in [0, 0.05) is 6.54 Å². The minimum absolute atomic E-state index is 0.0533. The summed E-state index contributed by atoms with van der Waals surface area (Å²) in [6.45, 7) is 17.1. The monoisotopic (exact) mass is 549 g/mol. The van der Waals surface area contributed by atoms with E-state index >= 15 is 0 Å². The molecule has 9 nitrogen and oxygen atoms in total. The van der Waals surface area contributed by atoms with Gasteiger partial charge in [-0.2, -0.15) is 0 Å². The zero-order valence-corrected chi connectivity index (χ0v) is 25.2. The second-order valence-corrected chi connectivity index (χ2v) is 11.3. The van der Waals surface area contributed by atoms with Crippen LogP contribution in [-0.4, -0.2) is 50.2 Å². The Labute approximate surface area is 233 Å². The van der Waals surface area contributed by atoms with Gasteiger partial charge in [0.2, 0.25) is 0 Å². The van der Waals surface area contributed by atoms with Crippen molar-refractivity contribution in [2.24, 2.45) is 29.1 Å². The first-order valence-corrected chi connectivity index (χ1v) is 13.7. The van der Waals surface area contributed by atoms with Gasteiger partial charge in [0.05, 0.1) is 24.4 Å². The van der Waals surface area contributed by atoms with Crippen LogP contribution in [-0.2, 0) is 35.1 Å². The zero-order chi connectivity index (χ0) is 29.9. The topological polar surface area (TPSA) is 117 Å². The largest absolute Gasteiger partial charge is 0.468 e. The van der Waals surface area contributed by atoms with Crippen LogP contribution in [0.2, 0.25) is 0 Å². The van der Waals surface area contributed by atoms with E-state index in [9.17, 15) is 19.2 Å². The molecule has 0 saturated carbocycles. The van der Waals surface area contributed by atoms with Crippen molar-refractivity contribution in [2.75, 3.05) is 20.3 Å². The molecule has 3 atom stereocenters. The lowest BCUT2D eigenvalue weighted by Crippen LogP contribution is -2.41. The van der Waals surface area contributed by atoms with Crippen molar-refractivity contribution >= 4 is 23.9 Å². The van der Waals surface area contributed by atoms with Crippen LogP contribution in [0.15, 0.2) is 18.2 Å². The molecule has 0 bridgehead atoms. The third-order valence-corrected chi connectivity index (χ3v) is 7.26. The van der Waals surface area contributed by atoms with E-state index in [-0.39, 0.29) is 60.7 Å². The number of ether oxygens (including phenoxy) is 4. The summed E-state index contributed by atoms with van der Waals surface area (Å²) in [5.41, 5.74) is 0.0691. The Bertz CT molecular complexity index is 985. The predicted molar refractivity (Wildman–Crippen MR) is 148 cm³/mol. The highest BCUT2D eigenvalue weighted by atomic mass is 16.6. The van der Waals surface area contributed by atoms with Gasteiger partial charge >= 0.3 is 23.9 Å². The fraction of sp³-hybridized carbons (Fsp3) is 0.667. The number of carbonyl (C=O) groups is 4. The Kier molecular flexibility index (Phi) is 13.6. The first-order chi connectivity index (χ1) is 18.1. The molecule has 0 aliphatic rings. The fourth-order valence-corrected chi connectivity index (χ4v) is 3.12. The number of hydrogen-bond donors (Lipinski definition) is 1. The van der Waals surface area contributed by atoms with Crippen LogP contribution in [0.3, 0.4) is 0 Å². The van der Waals surface area contributed by atoms with E-state index in [1.807, 2.05) is 48.5 Å². The van der Waals surface area contributed by atoms with Gasteiger partial charge in [-0.15, -0.1) is 0 Å². The smallest absolute Gasteiger partial charge is 0.323 e. The molecule has 0 fully saturated rings. The highest BCUT2D eigenvalue weighted by Gasteiger charge is 2.28. The van der Waals surface area contributed by atoms with Crippen molar-refractivity contribution in [3.63, 3.8) is 0 Å². The molecule has 0 amide bonds. The number of benzene rings is 1. The summed E-state index contributed by atoms with van der Waals surface area (Å²) in [5.74, 6) is -2.05. The average Bonchev–Trinajstić information content (AvgIpc) is 2.89. The van der Waals surface area contributed by atoms with E-state index in [0.717, 1.165) is 0 Å². The molecule has 0 aliphatic heterocycles. The Hall–Kier alpha value is -2.94. The minimum Gasteiger partial charge on any atom is -0.468 e. The van der Waals surface area contributed by atoms with Crippen molar-refractivity contribution in [2.45, 2.75) is 81.2 Å². The molecule has 39 heavy (non-hydrogen) atoms. The number of nitrogens with one attached hydrogen (secondary N) is 1. The molecule has 9 heteroatoms. The summed E-state index contributed by atoms with van der Waals surface area (Å²) in [4.78, 5) is 50.1. The van der Waals surface area contributed by atoms with Crippen LogP contribution in [0.4, 0.5) is 0 Å². The molecule has 0 aliphatic carbocycles. The number of rotatable bonds is 15. The first-order valence-electron chi connectivity index (χ1n) is 13.7. The third-order valence-electron chi connectivity index (χ3n) is 7.26. The number of carbonyl (C=O) groups excluding carboxylic acids is 4.